The summed E-state index contributed by atoms with van der Waals surface area (Å²) in [6, 6.07) is 12.1. The Labute approximate surface area is 153 Å². The van der Waals surface area contributed by atoms with Crippen LogP contribution in [0.3, 0.4) is 0 Å². The predicted molar refractivity (Wildman–Crippen MR) is 103 cm³/mol. The molecule has 0 saturated carbocycles. The molecule has 22 heavy (non-hydrogen) atoms. The van der Waals surface area contributed by atoms with Gasteiger partial charge in [-0.1, -0.05) is 47.5 Å². The van der Waals surface area contributed by atoms with Crippen LogP contribution in [0.5, 0.6) is 0 Å². The van der Waals surface area contributed by atoms with Crippen molar-refractivity contribution in [3.05, 3.63) is 64.4 Å². The number of hydrogen-bond acceptors (Lipinski definition) is 2. The number of nitrogens with one attached hydrogen (secondary N) is 2. The van der Waals surface area contributed by atoms with E-state index in [-0.39, 0.29) is 24.0 Å². The molecule has 0 amide bonds. The van der Waals surface area contributed by atoms with Gasteiger partial charge in [0.25, 0.3) is 0 Å². The number of pyridine rings is 1. The van der Waals surface area contributed by atoms with E-state index in [4.69, 9.17) is 11.6 Å². The number of benzene rings is 1. The Morgan fingerprint density at radius 3 is 2.45 bits per heavy atom. The third-order valence-electron chi connectivity index (χ3n) is 3.01. The molecule has 6 heteroatoms. The SMILES string of the molecule is CN=C(NCc1ccc(Cl)nc1)NCc1cccc(C)c1.I. The Balaban J connectivity index is 0.00000242. The Hall–Kier alpha value is -1.34. The zero-order valence-corrected chi connectivity index (χ0v) is 15.7. The van der Waals surface area contributed by atoms with Crippen molar-refractivity contribution in [2.75, 3.05) is 7.05 Å². The molecule has 2 aromatic rings. The van der Waals surface area contributed by atoms with Gasteiger partial charge in [0.2, 0.25) is 0 Å². The molecule has 118 valence electrons. The second-order valence-corrected chi connectivity index (χ2v) is 5.14. The number of guanidine groups is 1. The fourth-order valence-corrected chi connectivity index (χ4v) is 2.04. The lowest BCUT2D eigenvalue weighted by molar-refractivity contribution is 0.806. The minimum Gasteiger partial charge on any atom is -0.352 e. The Morgan fingerprint density at radius 1 is 1.14 bits per heavy atom. The summed E-state index contributed by atoms with van der Waals surface area (Å²) in [6.07, 6.45) is 1.75. The summed E-state index contributed by atoms with van der Waals surface area (Å²) in [5.74, 6) is 0.756. The highest BCUT2D eigenvalue weighted by atomic mass is 127. The summed E-state index contributed by atoms with van der Waals surface area (Å²) in [4.78, 5) is 8.26. The van der Waals surface area contributed by atoms with Crippen LogP contribution in [-0.2, 0) is 13.1 Å². The zero-order valence-electron chi connectivity index (χ0n) is 12.6. The van der Waals surface area contributed by atoms with Gasteiger partial charge in [-0.2, -0.15) is 0 Å². The Kier molecular flexibility index (Phi) is 8.19. The van der Waals surface area contributed by atoms with E-state index in [1.54, 1.807) is 19.3 Å². The molecule has 0 fully saturated rings. The van der Waals surface area contributed by atoms with Crippen molar-refractivity contribution in [3.8, 4) is 0 Å². The first-order valence-electron chi connectivity index (χ1n) is 6.78. The van der Waals surface area contributed by atoms with Gasteiger partial charge in [-0.3, -0.25) is 4.99 Å². The normalized spacial score (nSPS) is 10.8. The monoisotopic (exact) mass is 430 g/mol. The molecule has 0 saturated heterocycles. The lowest BCUT2D eigenvalue weighted by atomic mass is 10.1. The zero-order chi connectivity index (χ0) is 15.1. The van der Waals surface area contributed by atoms with E-state index in [9.17, 15) is 0 Å². The summed E-state index contributed by atoms with van der Waals surface area (Å²) in [5, 5.41) is 7.03. The molecule has 0 aliphatic rings. The third-order valence-corrected chi connectivity index (χ3v) is 3.24. The van der Waals surface area contributed by atoms with Crippen LogP contribution in [0.25, 0.3) is 0 Å². The van der Waals surface area contributed by atoms with Gasteiger partial charge < -0.3 is 10.6 Å². The first-order chi connectivity index (χ1) is 10.2. The molecule has 1 aromatic heterocycles. The van der Waals surface area contributed by atoms with Crippen molar-refractivity contribution in [1.82, 2.24) is 15.6 Å². The largest absolute Gasteiger partial charge is 0.352 e. The molecule has 0 aliphatic heterocycles. The maximum Gasteiger partial charge on any atom is 0.191 e. The van der Waals surface area contributed by atoms with E-state index < -0.39 is 0 Å². The molecular formula is C16H20ClIN4. The number of aryl methyl sites for hydroxylation is 1. The van der Waals surface area contributed by atoms with Gasteiger partial charge >= 0.3 is 0 Å². The number of nitrogens with zero attached hydrogens (tertiary/aromatic N) is 2. The summed E-state index contributed by atoms with van der Waals surface area (Å²) in [7, 11) is 1.76. The molecule has 0 atom stereocenters. The minimum absolute atomic E-state index is 0. The van der Waals surface area contributed by atoms with Crippen LogP contribution in [-0.4, -0.2) is 18.0 Å². The van der Waals surface area contributed by atoms with E-state index in [1.165, 1.54) is 11.1 Å². The molecular weight excluding hydrogens is 411 g/mol. The Morgan fingerprint density at radius 2 is 1.86 bits per heavy atom. The lowest BCUT2D eigenvalue weighted by Crippen LogP contribution is -2.36. The fraction of sp³-hybridized carbons (Fsp3) is 0.250. The van der Waals surface area contributed by atoms with Gasteiger partial charge in [0.05, 0.1) is 0 Å². The highest BCUT2D eigenvalue weighted by molar-refractivity contribution is 14.0. The second kappa shape index (κ2) is 9.63. The molecule has 1 aromatic carbocycles. The van der Waals surface area contributed by atoms with E-state index in [0.717, 1.165) is 18.1 Å². The molecule has 0 bridgehead atoms. The second-order valence-electron chi connectivity index (χ2n) is 4.76. The summed E-state index contributed by atoms with van der Waals surface area (Å²) in [5.41, 5.74) is 3.54. The van der Waals surface area contributed by atoms with Crippen molar-refractivity contribution >= 4 is 41.5 Å². The predicted octanol–water partition coefficient (Wildman–Crippen LogP) is 3.53. The maximum absolute atomic E-state index is 5.76. The molecule has 4 nitrogen and oxygen atoms in total. The number of aromatic nitrogens is 1. The quantitative estimate of drug-likeness (QED) is 0.338. The number of rotatable bonds is 4. The number of hydrogen-bond donors (Lipinski definition) is 2. The number of aliphatic imine (C=N–C) groups is 1. The van der Waals surface area contributed by atoms with E-state index in [2.05, 4.69) is 51.8 Å². The van der Waals surface area contributed by atoms with Gasteiger partial charge in [-0.05, 0) is 24.1 Å². The van der Waals surface area contributed by atoms with Crippen molar-refractivity contribution in [2.45, 2.75) is 20.0 Å². The molecule has 2 rings (SSSR count). The van der Waals surface area contributed by atoms with Crippen LogP contribution < -0.4 is 10.6 Å². The van der Waals surface area contributed by atoms with Crippen LogP contribution in [0.2, 0.25) is 5.15 Å². The van der Waals surface area contributed by atoms with Gasteiger partial charge in [-0.15, -0.1) is 24.0 Å². The third kappa shape index (κ3) is 6.19. The van der Waals surface area contributed by atoms with Crippen molar-refractivity contribution in [2.24, 2.45) is 4.99 Å². The molecule has 0 spiro atoms. The Bertz CT molecular complexity index is 614. The molecule has 0 unspecified atom stereocenters. The highest BCUT2D eigenvalue weighted by Crippen LogP contribution is 2.05. The maximum atomic E-state index is 5.76. The van der Waals surface area contributed by atoms with Gasteiger partial charge in [0.1, 0.15) is 5.15 Å². The van der Waals surface area contributed by atoms with E-state index in [0.29, 0.717) is 11.7 Å². The average molecular weight is 431 g/mol. The van der Waals surface area contributed by atoms with Crippen molar-refractivity contribution < 1.29 is 0 Å². The first-order valence-corrected chi connectivity index (χ1v) is 7.15. The molecule has 1 heterocycles. The minimum atomic E-state index is 0. The standard InChI is InChI=1S/C16H19ClN4.HI/c1-12-4-3-5-13(8-12)9-20-16(18-2)21-11-14-6-7-15(17)19-10-14;/h3-8,10H,9,11H2,1-2H3,(H2,18,20,21);1H. The van der Waals surface area contributed by atoms with Crippen LogP contribution in [0.1, 0.15) is 16.7 Å². The molecule has 0 aliphatic carbocycles. The van der Waals surface area contributed by atoms with Gasteiger partial charge in [0.15, 0.2) is 5.96 Å². The lowest BCUT2D eigenvalue weighted by Gasteiger charge is -2.12. The summed E-state index contributed by atoms with van der Waals surface area (Å²) >= 11 is 5.76. The van der Waals surface area contributed by atoms with Crippen LogP contribution in [0.15, 0.2) is 47.6 Å². The van der Waals surface area contributed by atoms with Gasteiger partial charge in [-0.25, -0.2) is 4.98 Å². The summed E-state index contributed by atoms with van der Waals surface area (Å²) in [6.45, 7) is 3.47. The topological polar surface area (TPSA) is 49.3 Å². The average Bonchev–Trinajstić information content (AvgIpc) is 2.49. The van der Waals surface area contributed by atoms with Gasteiger partial charge in [0, 0.05) is 26.3 Å². The van der Waals surface area contributed by atoms with Crippen LogP contribution in [0.4, 0.5) is 0 Å². The van der Waals surface area contributed by atoms with E-state index in [1.807, 2.05) is 6.07 Å². The van der Waals surface area contributed by atoms with Crippen molar-refractivity contribution in [1.29, 1.82) is 0 Å². The van der Waals surface area contributed by atoms with Crippen LogP contribution >= 0.6 is 35.6 Å². The first kappa shape index (κ1) is 18.7. The fourth-order valence-electron chi connectivity index (χ4n) is 1.93. The summed E-state index contributed by atoms with van der Waals surface area (Å²) < 4.78 is 0. The molecule has 0 radical (unpaired) electrons. The molecule has 2 N–H and O–H groups in total. The highest BCUT2D eigenvalue weighted by Gasteiger charge is 2.00. The van der Waals surface area contributed by atoms with Crippen molar-refractivity contribution in [3.63, 3.8) is 0 Å². The number of halogens is 2. The van der Waals surface area contributed by atoms with E-state index >= 15 is 0 Å². The smallest absolute Gasteiger partial charge is 0.191 e. The van der Waals surface area contributed by atoms with Crippen LogP contribution in [0, 0.1) is 6.92 Å².